The summed E-state index contributed by atoms with van der Waals surface area (Å²) in [7, 11) is 0. The molecule has 0 unspecified atom stereocenters. The Hall–Kier alpha value is -0.870. The Bertz CT molecular complexity index is 472. The molecule has 2 aliphatic rings. The first-order valence-corrected chi connectivity index (χ1v) is 9.46. The van der Waals surface area contributed by atoms with Gasteiger partial charge in [-0.25, -0.2) is 0 Å². The highest BCUT2D eigenvalue weighted by atomic mass is 16.5. The second kappa shape index (κ2) is 6.80. The molecule has 138 valence electrons. The van der Waals surface area contributed by atoms with Crippen LogP contribution in [0.4, 0.5) is 0 Å². The van der Waals surface area contributed by atoms with Crippen LogP contribution in [0.5, 0.6) is 0 Å². The molecule has 2 fully saturated rings. The molecular formula is C20H36N2O2. The Morgan fingerprint density at radius 2 is 1.75 bits per heavy atom. The van der Waals surface area contributed by atoms with Gasteiger partial charge in [0.1, 0.15) is 0 Å². The van der Waals surface area contributed by atoms with Gasteiger partial charge >= 0.3 is 0 Å². The highest BCUT2D eigenvalue weighted by molar-refractivity contribution is 5.87. The number of hydrogen-bond donors (Lipinski definition) is 2. The molecule has 2 rings (SSSR count). The Balaban J connectivity index is 1.94. The summed E-state index contributed by atoms with van der Waals surface area (Å²) in [6.45, 7) is 12.6. The Kier molecular flexibility index (Phi) is 5.51. The van der Waals surface area contributed by atoms with Gasteiger partial charge in [0, 0.05) is 17.1 Å². The molecule has 1 saturated heterocycles. The molecule has 1 heterocycles. The number of carbonyl (C=O) groups excluding carboxylic acids is 1. The standard InChI is InChI=1S/C20H36N2O2/c1-15(2)9-7-8-10-20(11-12-20)17(23)21-16-13-18(3,4)22(24)19(5,6)14-16/h8,10,15-16,24H,7,9,11-14H2,1-6H3,(H,21,23)/b10-8+. The van der Waals surface area contributed by atoms with E-state index in [9.17, 15) is 10.0 Å². The van der Waals surface area contributed by atoms with Gasteiger partial charge in [0.05, 0.1) is 5.41 Å². The number of piperidine rings is 1. The van der Waals surface area contributed by atoms with Gasteiger partial charge in [-0.15, -0.1) is 0 Å². The van der Waals surface area contributed by atoms with E-state index in [1.54, 1.807) is 0 Å². The second-order valence-electron chi connectivity index (χ2n) is 9.55. The molecule has 24 heavy (non-hydrogen) atoms. The fourth-order valence-electron chi connectivity index (χ4n) is 4.04. The fraction of sp³-hybridized carbons (Fsp3) is 0.850. The number of hydroxylamine groups is 2. The molecule has 0 aromatic carbocycles. The van der Waals surface area contributed by atoms with E-state index >= 15 is 0 Å². The van der Waals surface area contributed by atoms with Crippen molar-refractivity contribution in [3.63, 3.8) is 0 Å². The summed E-state index contributed by atoms with van der Waals surface area (Å²) in [5.74, 6) is 0.873. The molecule has 1 amide bonds. The van der Waals surface area contributed by atoms with Crippen molar-refractivity contribution in [2.75, 3.05) is 0 Å². The number of rotatable bonds is 6. The zero-order chi connectivity index (χ0) is 18.2. The van der Waals surface area contributed by atoms with Crippen molar-refractivity contribution >= 4 is 5.91 Å². The molecule has 1 aliphatic heterocycles. The Labute approximate surface area is 147 Å². The summed E-state index contributed by atoms with van der Waals surface area (Å²) in [6, 6.07) is 0.118. The third kappa shape index (κ3) is 4.40. The zero-order valence-electron chi connectivity index (χ0n) is 16.4. The number of carbonyl (C=O) groups is 1. The Morgan fingerprint density at radius 1 is 1.21 bits per heavy atom. The SMILES string of the molecule is CC(C)CC/C=C/C1(C(=O)NC2CC(C)(C)N(O)C(C)(C)C2)CC1. The average molecular weight is 337 g/mol. The summed E-state index contributed by atoms with van der Waals surface area (Å²) in [5, 5.41) is 15.1. The molecule has 1 aliphatic carbocycles. The predicted molar refractivity (Wildman–Crippen MR) is 97.8 cm³/mol. The third-order valence-corrected chi connectivity index (χ3v) is 5.56. The molecular weight excluding hydrogens is 300 g/mol. The number of allylic oxidation sites excluding steroid dienone is 1. The van der Waals surface area contributed by atoms with E-state index in [-0.39, 0.29) is 28.4 Å². The van der Waals surface area contributed by atoms with Gasteiger partial charge in [-0.2, -0.15) is 5.06 Å². The first-order chi connectivity index (χ1) is 11.0. The smallest absolute Gasteiger partial charge is 0.230 e. The van der Waals surface area contributed by atoms with Gasteiger partial charge in [0.25, 0.3) is 0 Å². The maximum atomic E-state index is 12.8. The number of hydrogen-bond acceptors (Lipinski definition) is 3. The van der Waals surface area contributed by atoms with Crippen LogP contribution in [0.1, 0.15) is 80.1 Å². The van der Waals surface area contributed by atoms with Crippen molar-refractivity contribution in [1.82, 2.24) is 10.4 Å². The lowest BCUT2D eigenvalue weighted by Gasteiger charge is -2.51. The summed E-state index contributed by atoms with van der Waals surface area (Å²) < 4.78 is 0. The molecule has 1 saturated carbocycles. The lowest BCUT2D eigenvalue weighted by molar-refractivity contribution is -0.246. The Morgan fingerprint density at radius 3 is 2.21 bits per heavy atom. The van der Waals surface area contributed by atoms with Crippen molar-refractivity contribution in [3.05, 3.63) is 12.2 Å². The second-order valence-corrected chi connectivity index (χ2v) is 9.55. The maximum Gasteiger partial charge on any atom is 0.230 e. The quantitative estimate of drug-likeness (QED) is 0.712. The van der Waals surface area contributed by atoms with Crippen LogP contribution < -0.4 is 5.32 Å². The fourth-order valence-corrected chi connectivity index (χ4v) is 4.04. The minimum absolute atomic E-state index is 0.118. The molecule has 4 heteroatoms. The first-order valence-electron chi connectivity index (χ1n) is 9.46. The maximum absolute atomic E-state index is 12.8. The van der Waals surface area contributed by atoms with Crippen LogP contribution in [0.25, 0.3) is 0 Å². The van der Waals surface area contributed by atoms with E-state index in [1.807, 2.05) is 27.7 Å². The molecule has 0 radical (unpaired) electrons. The lowest BCUT2D eigenvalue weighted by Crippen LogP contribution is -2.63. The lowest BCUT2D eigenvalue weighted by atomic mass is 9.78. The van der Waals surface area contributed by atoms with Crippen LogP contribution in [0.3, 0.4) is 0 Å². The van der Waals surface area contributed by atoms with Gasteiger partial charge in [-0.3, -0.25) is 4.79 Å². The predicted octanol–water partition coefficient (Wildman–Crippen LogP) is 4.29. The van der Waals surface area contributed by atoms with Crippen LogP contribution in [0, 0.1) is 11.3 Å². The summed E-state index contributed by atoms with van der Waals surface area (Å²) >= 11 is 0. The van der Waals surface area contributed by atoms with E-state index in [2.05, 4.69) is 31.3 Å². The van der Waals surface area contributed by atoms with Crippen molar-refractivity contribution in [1.29, 1.82) is 0 Å². The van der Waals surface area contributed by atoms with Gasteiger partial charge in [0.2, 0.25) is 5.91 Å². The number of amides is 1. The highest BCUT2D eigenvalue weighted by Crippen LogP contribution is 2.48. The third-order valence-electron chi connectivity index (χ3n) is 5.56. The highest BCUT2D eigenvalue weighted by Gasteiger charge is 2.50. The van der Waals surface area contributed by atoms with Gasteiger partial charge in [-0.05, 0) is 72.1 Å². The van der Waals surface area contributed by atoms with Crippen molar-refractivity contribution in [2.45, 2.75) is 97.2 Å². The molecule has 4 nitrogen and oxygen atoms in total. The van der Waals surface area contributed by atoms with Crippen LogP contribution in [0.15, 0.2) is 12.2 Å². The monoisotopic (exact) mass is 336 g/mol. The van der Waals surface area contributed by atoms with Crippen LogP contribution in [0.2, 0.25) is 0 Å². The summed E-state index contributed by atoms with van der Waals surface area (Å²) in [5.41, 5.74) is -0.922. The minimum Gasteiger partial charge on any atom is -0.352 e. The van der Waals surface area contributed by atoms with Crippen molar-refractivity contribution in [2.24, 2.45) is 11.3 Å². The molecule has 0 spiro atoms. The van der Waals surface area contributed by atoms with Gasteiger partial charge < -0.3 is 10.5 Å². The largest absolute Gasteiger partial charge is 0.352 e. The normalized spacial score (nSPS) is 26.0. The van der Waals surface area contributed by atoms with E-state index in [1.165, 1.54) is 11.5 Å². The van der Waals surface area contributed by atoms with Crippen LogP contribution >= 0.6 is 0 Å². The van der Waals surface area contributed by atoms with Gasteiger partial charge in [-0.1, -0.05) is 26.0 Å². The summed E-state index contributed by atoms with van der Waals surface area (Å²) in [4.78, 5) is 12.8. The number of nitrogens with zero attached hydrogens (tertiary/aromatic N) is 1. The van der Waals surface area contributed by atoms with E-state index in [0.717, 1.165) is 32.1 Å². The molecule has 0 bridgehead atoms. The molecule has 0 aromatic rings. The van der Waals surface area contributed by atoms with Crippen molar-refractivity contribution in [3.8, 4) is 0 Å². The van der Waals surface area contributed by atoms with Crippen LogP contribution in [-0.2, 0) is 4.79 Å². The average Bonchev–Trinajstić information content (AvgIpc) is 3.21. The van der Waals surface area contributed by atoms with E-state index in [0.29, 0.717) is 5.92 Å². The van der Waals surface area contributed by atoms with E-state index in [4.69, 9.17) is 0 Å². The molecule has 0 aromatic heterocycles. The number of nitrogens with one attached hydrogen (secondary N) is 1. The topological polar surface area (TPSA) is 52.6 Å². The summed E-state index contributed by atoms with van der Waals surface area (Å²) in [6.07, 6.45) is 10.0. The van der Waals surface area contributed by atoms with Crippen LogP contribution in [-0.4, -0.2) is 33.3 Å². The molecule has 0 atom stereocenters. The van der Waals surface area contributed by atoms with Crippen molar-refractivity contribution < 1.29 is 10.0 Å². The molecule has 2 N–H and O–H groups in total. The first kappa shape index (κ1) is 19.5. The minimum atomic E-state index is -0.330. The zero-order valence-corrected chi connectivity index (χ0v) is 16.4. The van der Waals surface area contributed by atoms with E-state index < -0.39 is 0 Å². The van der Waals surface area contributed by atoms with Gasteiger partial charge in [0.15, 0.2) is 0 Å².